The van der Waals surface area contributed by atoms with Crippen LogP contribution in [0.25, 0.3) is 10.6 Å². The van der Waals surface area contributed by atoms with Crippen molar-refractivity contribution in [3.05, 3.63) is 69.3 Å². The topological polar surface area (TPSA) is 149 Å². The van der Waals surface area contributed by atoms with Crippen molar-refractivity contribution in [2.45, 2.75) is 25.9 Å². The van der Waals surface area contributed by atoms with Gasteiger partial charge in [-0.2, -0.15) is 13.1 Å². The van der Waals surface area contributed by atoms with E-state index in [4.69, 9.17) is 0 Å². The SMILES string of the molecule is Cc1ccc(C([N-]CC[N-]C(C(=O)[O-])c2ccc(C)cc2O)C(=O)[O-])c(O)c1.[Fe+4]. The summed E-state index contributed by atoms with van der Waals surface area (Å²) in [5.41, 5.74) is 1.67. The third-order valence-corrected chi connectivity index (χ3v) is 4.13. The third-order valence-electron chi connectivity index (χ3n) is 4.13. The first-order valence-electron chi connectivity index (χ1n) is 8.54. The van der Waals surface area contributed by atoms with E-state index >= 15 is 0 Å². The van der Waals surface area contributed by atoms with Crippen LogP contribution >= 0.6 is 0 Å². The van der Waals surface area contributed by atoms with Gasteiger partial charge in [-0.25, -0.2) is 0 Å². The molecule has 0 aliphatic heterocycles. The van der Waals surface area contributed by atoms with Crippen molar-refractivity contribution in [2.24, 2.45) is 0 Å². The van der Waals surface area contributed by atoms with Gasteiger partial charge in [0.1, 0.15) is 11.5 Å². The van der Waals surface area contributed by atoms with Crippen LogP contribution in [0, 0.1) is 13.8 Å². The van der Waals surface area contributed by atoms with E-state index in [1.807, 2.05) is 0 Å². The fourth-order valence-electron chi connectivity index (χ4n) is 2.74. The van der Waals surface area contributed by atoms with Crippen LogP contribution in [0.2, 0.25) is 0 Å². The molecule has 9 heteroatoms. The monoisotopic (exact) mass is 440 g/mol. The molecule has 0 radical (unpaired) electrons. The number of benzene rings is 2. The normalized spacial score (nSPS) is 12.6. The molecule has 2 atom stereocenters. The number of rotatable bonds is 9. The molecule has 0 amide bonds. The molecule has 2 aromatic carbocycles. The largest absolute Gasteiger partial charge is 4.00 e. The van der Waals surface area contributed by atoms with Gasteiger partial charge < -0.3 is 40.6 Å². The Morgan fingerprint density at radius 1 is 0.828 bits per heavy atom. The van der Waals surface area contributed by atoms with Crippen molar-refractivity contribution in [2.75, 3.05) is 13.1 Å². The number of phenolic OH excluding ortho intramolecular Hbond substituents is 2. The predicted octanol–water partition coefficient (Wildman–Crippen LogP) is 0.742. The maximum absolute atomic E-state index is 11.4. The summed E-state index contributed by atoms with van der Waals surface area (Å²) in [6.07, 6.45) is 0. The van der Waals surface area contributed by atoms with Crippen LogP contribution in [0.5, 0.6) is 11.5 Å². The van der Waals surface area contributed by atoms with E-state index in [9.17, 15) is 30.0 Å². The molecule has 8 nitrogen and oxygen atoms in total. The van der Waals surface area contributed by atoms with Gasteiger partial charge in [-0.05, 0) is 48.2 Å². The van der Waals surface area contributed by atoms with Crippen LogP contribution in [0.1, 0.15) is 34.3 Å². The molecule has 2 aromatic rings. The van der Waals surface area contributed by atoms with Crippen LogP contribution in [0.15, 0.2) is 36.4 Å². The van der Waals surface area contributed by atoms with E-state index in [1.165, 1.54) is 24.3 Å². The fraction of sp³-hybridized carbons (Fsp3) is 0.300. The van der Waals surface area contributed by atoms with Gasteiger partial charge in [0, 0.05) is 11.9 Å². The number of hydrogen-bond donors (Lipinski definition) is 2. The number of carbonyl (C=O) groups is 2. The van der Waals surface area contributed by atoms with Crippen molar-refractivity contribution in [3.63, 3.8) is 0 Å². The Kier molecular flexibility index (Phi) is 9.13. The fourth-order valence-corrected chi connectivity index (χ4v) is 2.74. The second kappa shape index (κ2) is 10.8. The number of phenols is 2. The third kappa shape index (κ3) is 6.47. The van der Waals surface area contributed by atoms with E-state index in [0.717, 1.165) is 11.1 Å². The molecule has 0 fully saturated rings. The molecule has 0 heterocycles. The van der Waals surface area contributed by atoms with Gasteiger partial charge in [-0.3, -0.25) is 0 Å². The number of carbonyl (C=O) groups excluding carboxylic acids is 2. The Balaban J connectivity index is 0.00000420. The summed E-state index contributed by atoms with van der Waals surface area (Å²) < 4.78 is 0. The van der Waals surface area contributed by atoms with Crippen molar-refractivity contribution < 1.29 is 47.1 Å². The average molecular weight is 440 g/mol. The molecule has 0 spiro atoms. The molecule has 2 N–H and O–H groups in total. The molecular formula is C20H20FeN2O6. The van der Waals surface area contributed by atoms with E-state index in [0.29, 0.717) is 0 Å². The van der Waals surface area contributed by atoms with Crippen molar-refractivity contribution in [1.82, 2.24) is 0 Å². The number of aryl methyl sites for hydroxylation is 2. The second-order valence-electron chi connectivity index (χ2n) is 6.38. The maximum atomic E-state index is 11.4. The van der Waals surface area contributed by atoms with Crippen LogP contribution in [-0.4, -0.2) is 35.2 Å². The van der Waals surface area contributed by atoms with Crippen molar-refractivity contribution in [1.29, 1.82) is 0 Å². The Bertz CT molecular complexity index is 803. The number of carboxylic acids is 2. The summed E-state index contributed by atoms with van der Waals surface area (Å²) >= 11 is 0. The van der Waals surface area contributed by atoms with Gasteiger partial charge in [0.25, 0.3) is 0 Å². The summed E-state index contributed by atoms with van der Waals surface area (Å²) in [6, 6.07) is 6.17. The van der Waals surface area contributed by atoms with Gasteiger partial charge in [0.2, 0.25) is 0 Å². The molecular weight excluding hydrogens is 420 g/mol. The molecule has 0 aliphatic rings. The summed E-state index contributed by atoms with van der Waals surface area (Å²) in [4.78, 5) is 22.8. The minimum absolute atomic E-state index is 0. The number of aliphatic carboxylic acids is 2. The number of hydrogen-bond acceptors (Lipinski definition) is 6. The first kappa shape index (κ1) is 24.5. The average Bonchev–Trinajstić information content (AvgIpc) is 2.59. The van der Waals surface area contributed by atoms with E-state index in [1.54, 1.807) is 26.0 Å². The van der Waals surface area contributed by atoms with Crippen LogP contribution in [-0.2, 0) is 26.7 Å². The van der Waals surface area contributed by atoms with Gasteiger partial charge >= 0.3 is 17.1 Å². The number of nitrogens with zero attached hydrogens (tertiary/aromatic N) is 2. The first-order valence-corrected chi connectivity index (χ1v) is 8.54. The predicted molar refractivity (Wildman–Crippen MR) is 97.6 cm³/mol. The van der Waals surface area contributed by atoms with Crippen LogP contribution < -0.4 is 10.2 Å². The molecule has 0 bridgehead atoms. The van der Waals surface area contributed by atoms with E-state index in [-0.39, 0.29) is 52.8 Å². The van der Waals surface area contributed by atoms with Crippen LogP contribution in [0.4, 0.5) is 0 Å². The van der Waals surface area contributed by atoms with Crippen molar-refractivity contribution >= 4 is 11.9 Å². The smallest absolute Gasteiger partial charge is 0.652 e. The quantitative estimate of drug-likeness (QED) is 0.434. The molecule has 2 rings (SSSR count). The number of aromatic hydroxyl groups is 2. The zero-order chi connectivity index (χ0) is 20.8. The summed E-state index contributed by atoms with van der Waals surface area (Å²) in [5, 5.41) is 50.6. The van der Waals surface area contributed by atoms with Gasteiger partial charge in [-0.15, -0.1) is 0 Å². The molecule has 0 aromatic heterocycles. The zero-order valence-electron chi connectivity index (χ0n) is 15.8. The Hall–Kier alpha value is -2.58. The second-order valence-corrected chi connectivity index (χ2v) is 6.38. The molecule has 29 heavy (non-hydrogen) atoms. The molecule has 0 saturated heterocycles. The van der Waals surface area contributed by atoms with Gasteiger partial charge in [-0.1, -0.05) is 36.3 Å². The minimum atomic E-state index is -1.49. The van der Waals surface area contributed by atoms with Crippen molar-refractivity contribution in [3.8, 4) is 11.5 Å². The Morgan fingerprint density at radius 3 is 1.45 bits per heavy atom. The zero-order valence-corrected chi connectivity index (χ0v) is 16.9. The molecule has 0 saturated carbocycles. The molecule has 154 valence electrons. The molecule has 0 aliphatic carbocycles. The van der Waals surface area contributed by atoms with Gasteiger partial charge in [0.05, 0.1) is 0 Å². The standard InChI is InChI=1S/C20H22N2O6.Fe/c1-11-3-5-13(15(23)9-11)17(19(25)26)21-7-8-22-18(20(27)28)14-6-4-12(2)10-16(14)24;/h3-6,9-10,17-18,23-24H,7-8H2,1-2H3,(H,25,26)(H,27,28);/q-2;+4/p-2. The Labute approximate surface area is 179 Å². The summed E-state index contributed by atoms with van der Waals surface area (Å²) in [5.74, 6) is -3.42. The number of carboxylic acid groups (broad SMARTS) is 2. The summed E-state index contributed by atoms with van der Waals surface area (Å²) in [6.45, 7) is 3.24. The Morgan fingerprint density at radius 2 is 1.17 bits per heavy atom. The first-order chi connectivity index (χ1) is 13.2. The van der Waals surface area contributed by atoms with Crippen LogP contribution in [0.3, 0.4) is 0 Å². The van der Waals surface area contributed by atoms with E-state index < -0.39 is 24.0 Å². The summed E-state index contributed by atoms with van der Waals surface area (Å²) in [7, 11) is 0. The van der Waals surface area contributed by atoms with Gasteiger partial charge in [0.15, 0.2) is 0 Å². The molecule has 2 unspecified atom stereocenters. The maximum Gasteiger partial charge on any atom is 4.00 e. The minimum Gasteiger partial charge on any atom is -0.652 e. The van der Waals surface area contributed by atoms with E-state index in [2.05, 4.69) is 10.6 Å².